The molecule has 4 aromatic rings. The van der Waals surface area contributed by atoms with Crippen molar-refractivity contribution >= 4 is 75.0 Å². The summed E-state index contributed by atoms with van der Waals surface area (Å²) in [4.78, 5) is 116. The Kier molecular flexibility index (Phi) is 34.0. The van der Waals surface area contributed by atoms with E-state index in [1.807, 2.05) is 6.07 Å². The predicted octanol–water partition coefficient (Wildman–Crippen LogP) is 5.98. The van der Waals surface area contributed by atoms with Crippen molar-refractivity contribution in [2.45, 2.75) is 107 Å². The highest BCUT2D eigenvalue weighted by Gasteiger charge is 2.41. The molecular weight excluding hydrogens is 1380 g/mol. The Labute approximate surface area is 549 Å². The number of benzene rings is 3. The molecule has 4 bridgehead atoms. The van der Waals surface area contributed by atoms with Crippen molar-refractivity contribution < 1.29 is 130 Å². The number of hydrogen-bond acceptors (Lipinski definition) is 19. The smallest absolute Gasteiger partial charge is 0.490 e. The molecule has 4 atom stereocenters. The van der Waals surface area contributed by atoms with Gasteiger partial charge in [0.05, 0.1) is 17.3 Å². The first-order valence-electron chi connectivity index (χ1n) is 27.3. The molecule has 1 aliphatic heterocycles. The van der Waals surface area contributed by atoms with Crippen LogP contribution in [0.5, 0.6) is 11.5 Å². The zero-order valence-corrected chi connectivity index (χ0v) is 53.1. The van der Waals surface area contributed by atoms with Crippen LogP contribution >= 0.6 is 21.6 Å². The Morgan fingerprint density at radius 3 is 1.68 bits per heavy atom. The monoisotopic (exact) mass is 1440 g/mol. The van der Waals surface area contributed by atoms with Gasteiger partial charge in [-0.25, -0.2) is 33.5 Å². The molecule has 26 nitrogen and oxygen atoms in total. The van der Waals surface area contributed by atoms with Crippen molar-refractivity contribution in [1.82, 2.24) is 36.1 Å². The van der Waals surface area contributed by atoms with Crippen LogP contribution < -0.4 is 47.9 Å². The number of rotatable bonds is 18. The molecule has 97 heavy (non-hydrogen) atoms. The molecular formula is C56H64F13N11O15S2. The van der Waals surface area contributed by atoms with E-state index in [0.29, 0.717) is 45.1 Å². The van der Waals surface area contributed by atoms with Crippen LogP contribution in [0.25, 0.3) is 22.5 Å². The lowest BCUT2D eigenvalue weighted by Crippen LogP contribution is -2.56. The summed E-state index contributed by atoms with van der Waals surface area (Å²) in [5.41, 5.74) is 20.7. The fourth-order valence-corrected chi connectivity index (χ4v) is 9.66. The quantitative estimate of drug-likeness (QED) is 0.0310. The molecule has 5 rings (SSSR count). The number of nitrogens with zero attached hydrogens (tertiary/aromatic N) is 4. The molecule has 5 amide bonds. The minimum Gasteiger partial charge on any atom is -0.492 e. The molecule has 0 saturated heterocycles. The number of fused-ring (bicyclic) bond motifs is 5. The number of aryl methyl sites for hydroxylation is 1. The molecule has 0 fully saturated rings. The summed E-state index contributed by atoms with van der Waals surface area (Å²) in [6.45, 7) is 9.53. The van der Waals surface area contributed by atoms with Crippen LogP contribution in [-0.2, 0) is 50.5 Å². The summed E-state index contributed by atoms with van der Waals surface area (Å²) in [6.07, 6.45) is -19.1. The van der Waals surface area contributed by atoms with Crippen molar-refractivity contribution in [1.29, 1.82) is 5.26 Å². The Morgan fingerprint density at radius 1 is 0.742 bits per heavy atom. The molecule has 0 radical (unpaired) electrons. The second-order valence-electron chi connectivity index (χ2n) is 20.4. The van der Waals surface area contributed by atoms with Gasteiger partial charge in [-0.05, 0) is 73.8 Å². The average molecular weight is 1440 g/mol. The van der Waals surface area contributed by atoms with Crippen LogP contribution in [0.15, 0.2) is 60.8 Å². The molecule has 41 heteroatoms. The van der Waals surface area contributed by atoms with Crippen molar-refractivity contribution in [3.63, 3.8) is 0 Å². The first kappa shape index (κ1) is 85.7. The Hall–Kier alpha value is -9.27. The van der Waals surface area contributed by atoms with E-state index in [0.717, 1.165) is 4.90 Å². The normalized spacial score (nSPS) is 15.0. The van der Waals surface area contributed by atoms with Gasteiger partial charge in [0.25, 0.3) is 5.91 Å². The molecule has 0 unspecified atom stereocenters. The first-order valence-corrected chi connectivity index (χ1v) is 29.6. The molecule has 2 heterocycles. The highest BCUT2D eigenvalue weighted by molar-refractivity contribution is 8.76. The highest BCUT2D eigenvalue weighted by Crippen LogP contribution is 2.41. The van der Waals surface area contributed by atoms with Crippen LogP contribution in [-0.4, -0.2) is 183 Å². The number of nitrogens with one attached hydrogen (secondary N) is 4. The number of carbonyl (C=O) groups is 9. The van der Waals surface area contributed by atoms with Gasteiger partial charge in [-0.3, -0.25) is 24.0 Å². The Bertz CT molecular complexity index is 3350. The van der Waals surface area contributed by atoms with Gasteiger partial charge >= 0.3 is 48.6 Å². The highest BCUT2D eigenvalue weighted by atomic mass is 33.1. The number of nitrogens with two attached hydrogens (primary N) is 3. The third-order valence-electron chi connectivity index (χ3n) is 11.6. The minimum absolute atomic E-state index is 0.0128. The van der Waals surface area contributed by atoms with Crippen molar-refractivity contribution in [3.8, 4) is 40.1 Å². The standard InChI is InChI=1S/C48H60FN11O7S2.4C2HF3O2/c1-27-35(25-55-42(56-27)31-8-9-32(36(49)24-31)26-68-69-48(3,4)5)44(62)58-37(13-14-50)47(65)60(6)41-30-10-12-40(67-20-17-53)34(23-30)33-21-29(7-11-39(33)66-19-16-52)22-38(45(63)54-18-15-51)59-43(61)28(2)57-46(41)64;4*3-2(4,5)1(6)7/h7-12,21,23-25,28,37-38,41H,13-14,16-20,22,26,50,52-53H2,1-6H3,(H,54,63)(H,57,64)(H,58,62)(H,59,61);4*(H,6,7)/t28-,37-,38-,41-;;;;/m0..../s1. The van der Waals surface area contributed by atoms with E-state index < -0.39 is 108 Å². The van der Waals surface area contributed by atoms with Crippen LogP contribution in [0, 0.1) is 24.1 Å². The second-order valence-corrected chi connectivity index (χ2v) is 23.5. The van der Waals surface area contributed by atoms with Crippen molar-refractivity contribution in [2.75, 3.05) is 46.4 Å². The van der Waals surface area contributed by atoms with Gasteiger partial charge in [0, 0.05) is 59.9 Å². The number of nitriles is 1. The van der Waals surface area contributed by atoms with Crippen molar-refractivity contribution in [3.05, 3.63) is 94.6 Å². The van der Waals surface area contributed by atoms with Gasteiger partial charge in [-0.15, -0.1) is 0 Å². The molecule has 0 saturated carbocycles. The summed E-state index contributed by atoms with van der Waals surface area (Å²) in [7, 11) is 4.61. The van der Waals surface area contributed by atoms with Crippen LogP contribution in [0.2, 0.25) is 0 Å². The number of carboxylic acid groups (broad SMARTS) is 4. The Balaban J connectivity index is 0.00000139. The van der Waals surface area contributed by atoms with Gasteiger partial charge in [-0.1, -0.05) is 66.6 Å². The fourth-order valence-electron chi connectivity index (χ4n) is 7.27. The van der Waals surface area contributed by atoms with Gasteiger partial charge in [0.15, 0.2) is 5.82 Å². The zero-order valence-electron chi connectivity index (χ0n) is 51.5. The maximum absolute atomic E-state index is 15.2. The summed E-state index contributed by atoms with van der Waals surface area (Å²) < 4.78 is 154. The maximum atomic E-state index is 15.2. The molecule has 1 aromatic heterocycles. The van der Waals surface area contributed by atoms with E-state index in [1.165, 1.54) is 26.2 Å². The number of aromatic nitrogens is 2. The maximum Gasteiger partial charge on any atom is 0.490 e. The number of ether oxygens (including phenoxy) is 2. The van der Waals surface area contributed by atoms with Crippen molar-refractivity contribution in [2.24, 2.45) is 17.2 Å². The molecule has 0 spiro atoms. The van der Waals surface area contributed by atoms with E-state index in [4.69, 9.17) is 71.5 Å². The predicted molar refractivity (Wildman–Crippen MR) is 319 cm³/mol. The van der Waals surface area contributed by atoms with Crippen LogP contribution in [0.3, 0.4) is 0 Å². The Morgan fingerprint density at radius 2 is 1.24 bits per heavy atom. The molecule has 14 N–H and O–H groups in total. The average Bonchev–Trinajstić information content (AvgIpc) is 0.791. The van der Waals surface area contributed by atoms with Gasteiger partial charge in [0.1, 0.15) is 61.2 Å². The van der Waals surface area contributed by atoms with E-state index in [-0.39, 0.29) is 79.6 Å². The number of hydrogen-bond donors (Lipinski definition) is 11. The van der Waals surface area contributed by atoms with Crippen LogP contribution in [0.1, 0.15) is 72.9 Å². The minimum atomic E-state index is -5.08. The third kappa shape index (κ3) is 29.7. The molecule has 1 aliphatic rings. The van der Waals surface area contributed by atoms with E-state index >= 15 is 4.39 Å². The lowest BCUT2D eigenvalue weighted by Gasteiger charge is -2.32. The molecule has 0 aliphatic carbocycles. The number of likely N-dealkylation sites (N-methyl/N-ethyl adjacent to an activating group) is 1. The van der Waals surface area contributed by atoms with E-state index in [2.05, 4.69) is 52.0 Å². The number of carboxylic acids is 4. The number of alkyl halides is 12. The summed E-state index contributed by atoms with van der Waals surface area (Å²) in [5.74, 6) is -13.6. The third-order valence-corrected chi connectivity index (χ3v) is 14.9. The number of halogens is 13. The van der Waals surface area contributed by atoms with Gasteiger partial charge in [0.2, 0.25) is 23.6 Å². The second kappa shape index (κ2) is 38.5. The molecule has 3 aromatic carbocycles. The number of carbonyl (C=O) groups excluding carboxylic acids is 5. The van der Waals surface area contributed by atoms with Gasteiger partial charge < -0.3 is 73.3 Å². The summed E-state index contributed by atoms with van der Waals surface area (Å²) in [5, 5.41) is 48.3. The lowest BCUT2D eigenvalue weighted by atomic mass is 9.93. The molecule has 536 valence electrons. The topological polar surface area (TPSA) is 432 Å². The fraction of sp³-hybridized carbons (Fsp3) is 0.429. The number of amides is 5. The van der Waals surface area contributed by atoms with E-state index in [9.17, 15) is 76.7 Å². The zero-order chi connectivity index (χ0) is 74.7. The largest absolute Gasteiger partial charge is 0.492 e. The van der Waals surface area contributed by atoms with Gasteiger partial charge in [-0.2, -0.15) is 57.9 Å². The van der Waals surface area contributed by atoms with Crippen LogP contribution in [0.4, 0.5) is 57.1 Å². The lowest BCUT2D eigenvalue weighted by molar-refractivity contribution is -0.193. The summed E-state index contributed by atoms with van der Waals surface area (Å²) >= 11 is 0. The SMILES string of the molecule is Cc1nc(-c2ccc(CSSC(C)(C)C)c(F)c2)ncc1C(=O)N[C@@H](CCN)C(=O)N(C)[C@@H]1C(=O)N[C@@H](C)C(=O)N[C@H](C(=O)NCC#N)Cc2ccc(OCCN)c(c2)-c2cc1ccc2OCCN.O=C(O)C(F)(F)F.O=C(O)C(F)(F)F.O=C(O)C(F)(F)F.O=C(O)C(F)(F)F. The number of aliphatic carboxylic acids is 4. The summed E-state index contributed by atoms with van der Waals surface area (Å²) in [6, 6.07) is 11.6. The van der Waals surface area contributed by atoms with E-state index in [1.54, 1.807) is 77.0 Å². The first-order chi connectivity index (χ1) is 44.7.